The number of hydrogen-bond donors (Lipinski definition) is 1. The summed E-state index contributed by atoms with van der Waals surface area (Å²) in [6.45, 7) is 1.67. The predicted octanol–water partition coefficient (Wildman–Crippen LogP) is 1.19. The molecule has 0 spiro atoms. The van der Waals surface area contributed by atoms with E-state index in [2.05, 4.69) is 14.9 Å². The molecule has 0 atom stereocenters. The molecule has 0 aromatic carbocycles. The summed E-state index contributed by atoms with van der Waals surface area (Å²) in [5, 5.41) is 0. The topological polar surface area (TPSA) is 64.3 Å². The molecular formula is C12H20N4O. The minimum Gasteiger partial charge on any atom is -0.481 e. The van der Waals surface area contributed by atoms with E-state index in [4.69, 9.17) is 10.5 Å². The smallest absolute Gasteiger partial charge is 0.218 e. The quantitative estimate of drug-likeness (QED) is 0.804. The van der Waals surface area contributed by atoms with Crippen LogP contribution in [0.15, 0.2) is 12.4 Å². The second-order valence-corrected chi connectivity index (χ2v) is 4.34. The van der Waals surface area contributed by atoms with E-state index in [-0.39, 0.29) is 0 Å². The van der Waals surface area contributed by atoms with Crippen molar-refractivity contribution in [3.05, 3.63) is 12.4 Å². The highest BCUT2D eigenvalue weighted by molar-refractivity contribution is 5.42. The molecule has 94 valence electrons. The van der Waals surface area contributed by atoms with E-state index < -0.39 is 0 Å². The largest absolute Gasteiger partial charge is 0.481 e. The minimum atomic E-state index is 0.612. The van der Waals surface area contributed by atoms with Crippen molar-refractivity contribution in [1.29, 1.82) is 0 Å². The standard InChI is InChI=1S/C12H20N4O/c1-17-12-8-11(14-9-15-12)16(7-3-6-13)10-4-2-5-10/h8-10H,2-7,13H2,1H3. The van der Waals surface area contributed by atoms with Gasteiger partial charge in [-0.05, 0) is 32.2 Å². The zero-order chi connectivity index (χ0) is 12.1. The number of methoxy groups -OCH3 is 1. The molecule has 1 aromatic rings. The fourth-order valence-electron chi connectivity index (χ4n) is 2.04. The molecule has 5 heteroatoms. The molecule has 0 saturated heterocycles. The van der Waals surface area contributed by atoms with Gasteiger partial charge in [0.2, 0.25) is 5.88 Å². The lowest BCUT2D eigenvalue weighted by Crippen LogP contribution is -2.41. The highest BCUT2D eigenvalue weighted by Crippen LogP contribution is 2.29. The van der Waals surface area contributed by atoms with Crippen molar-refractivity contribution >= 4 is 5.82 Å². The second-order valence-electron chi connectivity index (χ2n) is 4.34. The van der Waals surface area contributed by atoms with Crippen molar-refractivity contribution in [3.8, 4) is 5.88 Å². The fourth-order valence-corrected chi connectivity index (χ4v) is 2.04. The number of nitrogens with zero attached hydrogens (tertiary/aromatic N) is 3. The molecule has 0 bridgehead atoms. The Morgan fingerprint density at radius 2 is 2.29 bits per heavy atom. The molecular weight excluding hydrogens is 216 g/mol. The summed E-state index contributed by atoms with van der Waals surface area (Å²) in [6, 6.07) is 2.51. The van der Waals surface area contributed by atoms with Crippen LogP contribution >= 0.6 is 0 Å². The number of anilines is 1. The molecule has 5 nitrogen and oxygen atoms in total. The van der Waals surface area contributed by atoms with Gasteiger partial charge in [0.15, 0.2) is 0 Å². The van der Waals surface area contributed by atoms with Crippen molar-refractivity contribution in [3.63, 3.8) is 0 Å². The Kier molecular flexibility index (Phi) is 4.14. The molecule has 2 rings (SSSR count). The normalized spacial score (nSPS) is 15.4. The lowest BCUT2D eigenvalue weighted by atomic mass is 9.91. The number of hydrogen-bond acceptors (Lipinski definition) is 5. The van der Waals surface area contributed by atoms with Crippen LogP contribution in [-0.4, -0.2) is 36.2 Å². The number of rotatable bonds is 6. The molecule has 1 fully saturated rings. The molecule has 0 radical (unpaired) electrons. The Morgan fingerprint density at radius 3 is 2.88 bits per heavy atom. The number of aromatic nitrogens is 2. The first-order valence-corrected chi connectivity index (χ1v) is 6.18. The zero-order valence-corrected chi connectivity index (χ0v) is 10.3. The van der Waals surface area contributed by atoms with Crippen molar-refractivity contribution < 1.29 is 4.74 Å². The van der Waals surface area contributed by atoms with Gasteiger partial charge >= 0.3 is 0 Å². The molecule has 1 saturated carbocycles. The molecule has 1 aliphatic carbocycles. The maximum Gasteiger partial charge on any atom is 0.218 e. The van der Waals surface area contributed by atoms with Gasteiger partial charge in [0.1, 0.15) is 12.1 Å². The third-order valence-corrected chi connectivity index (χ3v) is 3.25. The second kappa shape index (κ2) is 5.82. The van der Waals surface area contributed by atoms with Crippen LogP contribution in [0.2, 0.25) is 0 Å². The first-order chi connectivity index (χ1) is 8.35. The van der Waals surface area contributed by atoms with E-state index in [1.807, 2.05) is 6.07 Å². The number of nitrogens with two attached hydrogens (primary N) is 1. The van der Waals surface area contributed by atoms with E-state index in [1.165, 1.54) is 19.3 Å². The molecule has 1 heterocycles. The average molecular weight is 236 g/mol. The lowest BCUT2D eigenvalue weighted by Gasteiger charge is -2.38. The SMILES string of the molecule is COc1cc(N(CCCN)C2CCC2)ncn1. The molecule has 0 amide bonds. The van der Waals surface area contributed by atoms with Gasteiger partial charge in [0.25, 0.3) is 0 Å². The van der Waals surface area contributed by atoms with Crippen LogP contribution in [0, 0.1) is 0 Å². The van der Waals surface area contributed by atoms with Crippen molar-refractivity contribution in [1.82, 2.24) is 9.97 Å². The Morgan fingerprint density at radius 1 is 1.47 bits per heavy atom. The molecule has 0 aliphatic heterocycles. The Labute approximate surface area is 102 Å². The van der Waals surface area contributed by atoms with Crippen LogP contribution in [0.25, 0.3) is 0 Å². The Bertz CT molecular complexity index is 354. The van der Waals surface area contributed by atoms with Gasteiger partial charge in [-0.1, -0.05) is 0 Å². The third-order valence-electron chi connectivity index (χ3n) is 3.25. The van der Waals surface area contributed by atoms with Gasteiger partial charge in [-0.15, -0.1) is 0 Å². The Hall–Kier alpha value is -1.36. The van der Waals surface area contributed by atoms with Crippen molar-refractivity contribution in [2.75, 3.05) is 25.1 Å². The maximum absolute atomic E-state index is 5.59. The number of ether oxygens (including phenoxy) is 1. The van der Waals surface area contributed by atoms with Gasteiger partial charge in [-0.2, -0.15) is 0 Å². The van der Waals surface area contributed by atoms with Crippen LogP contribution in [0.3, 0.4) is 0 Å². The molecule has 1 aromatic heterocycles. The minimum absolute atomic E-state index is 0.612. The maximum atomic E-state index is 5.59. The van der Waals surface area contributed by atoms with Crippen LogP contribution in [0.5, 0.6) is 5.88 Å². The zero-order valence-electron chi connectivity index (χ0n) is 10.3. The van der Waals surface area contributed by atoms with Crippen LogP contribution < -0.4 is 15.4 Å². The highest BCUT2D eigenvalue weighted by atomic mass is 16.5. The summed E-state index contributed by atoms with van der Waals surface area (Å²) in [5.74, 6) is 1.57. The first kappa shape index (κ1) is 12.1. The highest BCUT2D eigenvalue weighted by Gasteiger charge is 2.25. The van der Waals surface area contributed by atoms with Gasteiger partial charge in [-0.3, -0.25) is 0 Å². The van der Waals surface area contributed by atoms with Gasteiger partial charge in [-0.25, -0.2) is 9.97 Å². The van der Waals surface area contributed by atoms with E-state index in [0.717, 1.165) is 18.8 Å². The van der Waals surface area contributed by atoms with Crippen LogP contribution in [0.1, 0.15) is 25.7 Å². The summed E-state index contributed by atoms with van der Waals surface area (Å²) in [5.41, 5.74) is 5.59. The lowest BCUT2D eigenvalue weighted by molar-refractivity contribution is 0.378. The molecule has 17 heavy (non-hydrogen) atoms. The van der Waals surface area contributed by atoms with E-state index in [1.54, 1.807) is 13.4 Å². The monoisotopic (exact) mass is 236 g/mol. The third kappa shape index (κ3) is 2.85. The van der Waals surface area contributed by atoms with Crippen LogP contribution in [0.4, 0.5) is 5.82 Å². The summed E-state index contributed by atoms with van der Waals surface area (Å²) < 4.78 is 5.14. The van der Waals surface area contributed by atoms with Crippen LogP contribution in [-0.2, 0) is 0 Å². The van der Waals surface area contributed by atoms with E-state index in [0.29, 0.717) is 18.5 Å². The summed E-state index contributed by atoms with van der Waals surface area (Å²) in [4.78, 5) is 10.7. The summed E-state index contributed by atoms with van der Waals surface area (Å²) in [6.07, 6.45) is 6.35. The average Bonchev–Trinajstić information content (AvgIpc) is 2.32. The van der Waals surface area contributed by atoms with Gasteiger partial charge < -0.3 is 15.4 Å². The molecule has 0 unspecified atom stereocenters. The predicted molar refractivity (Wildman–Crippen MR) is 67.2 cm³/mol. The van der Waals surface area contributed by atoms with E-state index in [9.17, 15) is 0 Å². The van der Waals surface area contributed by atoms with Crippen molar-refractivity contribution in [2.45, 2.75) is 31.7 Å². The van der Waals surface area contributed by atoms with Gasteiger partial charge in [0, 0.05) is 18.7 Å². The van der Waals surface area contributed by atoms with E-state index >= 15 is 0 Å². The summed E-state index contributed by atoms with van der Waals surface area (Å²) in [7, 11) is 1.62. The fraction of sp³-hybridized carbons (Fsp3) is 0.667. The van der Waals surface area contributed by atoms with Gasteiger partial charge in [0.05, 0.1) is 7.11 Å². The van der Waals surface area contributed by atoms with Crippen molar-refractivity contribution in [2.24, 2.45) is 5.73 Å². The molecule has 1 aliphatic rings. The molecule has 2 N–H and O–H groups in total. The Balaban J connectivity index is 2.11. The summed E-state index contributed by atoms with van der Waals surface area (Å²) >= 11 is 0. The first-order valence-electron chi connectivity index (χ1n) is 6.18.